The summed E-state index contributed by atoms with van der Waals surface area (Å²) in [5.41, 5.74) is 2.50. The molecule has 0 aliphatic heterocycles. The van der Waals surface area contributed by atoms with Crippen molar-refractivity contribution in [3.8, 4) is 5.75 Å². The third-order valence-corrected chi connectivity index (χ3v) is 4.03. The molecule has 100 valence electrons. The van der Waals surface area contributed by atoms with Gasteiger partial charge in [0.1, 0.15) is 5.75 Å². The second kappa shape index (κ2) is 5.75. The maximum atomic E-state index is 5.47. The largest absolute Gasteiger partial charge is 0.496 e. The van der Waals surface area contributed by atoms with Crippen LogP contribution in [0.4, 0.5) is 0 Å². The van der Waals surface area contributed by atoms with E-state index in [0.717, 1.165) is 24.1 Å². The molecule has 1 aliphatic rings. The summed E-state index contributed by atoms with van der Waals surface area (Å²) >= 11 is 0. The molecule has 1 aromatic carbocycles. The third-order valence-electron chi connectivity index (χ3n) is 4.03. The number of ether oxygens (including phenoxy) is 1. The van der Waals surface area contributed by atoms with Gasteiger partial charge in [0.05, 0.1) is 7.11 Å². The molecule has 0 bridgehead atoms. The summed E-state index contributed by atoms with van der Waals surface area (Å²) in [6.45, 7) is 7.76. The SMILES string of the molecule is COc1cc(C)ccc1C(C)NCC(C)C1CC1. The van der Waals surface area contributed by atoms with E-state index in [1.807, 2.05) is 0 Å². The van der Waals surface area contributed by atoms with Gasteiger partial charge in [-0.2, -0.15) is 0 Å². The van der Waals surface area contributed by atoms with Gasteiger partial charge < -0.3 is 10.1 Å². The zero-order valence-corrected chi connectivity index (χ0v) is 12.0. The lowest BCUT2D eigenvalue weighted by Gasteiger charge is -2.20. The molecule has 0 heterocycles. The average Bonchev–Trinajstić information content (AvgIpc) is 3.19. The smallest absolute Gasteiger partial charge is 0.123 e. The van der Waals surface area contributed by atoms with Crippen LogP contribution in [0.1, 0.15) is 43.9 Å². The Balaban J connectivity index is 1.96. The predicted molar refractivity (Wildman–Crippen MR) is 76.0 cm³/mol. The zero-order valence-electron chi connectivity index (χ0n) is 12.0. The minimum absolute atomic E-state index is 0.349. The van der Waals surface area contributed by atoms with E-state index in [0.29, 0.717) is 6.04 Å². The van der Waals surface area contributed by atoms with Gasteiger partial charge >= 0.3 is 0 Å². The quantitative estimate of drug-likeness (QED) is 0.827. The highest BCUT2D eigenvalue weighted by molar-refractivity contribution is 5.39. The van der Waals surface area contributed by atoms with Crippen LogP contribution in [-0.2, 0) is 0 Å². The first kappa shape index (κ1) is 13.4. The first-order valence-corrected chi connectivity index (χ1v) is 6.99. The summed E-state index contributed by atoms with van der Waals surface area (Å²) in [6.07, 6.45) is 2.84. The van der Waals surface area contributed by atoms with Gasteiger partial charge in [-0.15, -0.1) is 0 Å². The van der Waals surface area contributed by atoms with E-state index in [9.17, 15) is 0 Å². The average molecular weight is 247 g/mol. The van der Waals surface area contributed by atoms with Crippen molar-refractivity contribution in [2.45, 2.75) is 39.7 Å². The van der Waals surface area contributed by atoms with Gasteiger partial charge in [-0.1, -0.05) is 19.1 Å². The molecule has 1 saturated carbocycles. The van der Waals surface area contributed by atoms with Crippen molar-refractivity contribution < 1.29 is 4.74 Å². The lowest BCUT2D eigenvalue weighted by molar-refractivity contribution is 0.391. The number of aryl methyl sites for hydroxylation is 1. The Morgan fingerprint density at radius 1 is 1.33 bits per heavy atom. The summed E-state index contributed by atoms with van der Waals surface area (Å²) in [4.78, 5) is 0. The van der Waals surface area contributed by atoms with Crippen LogP contribution >= 0.6 is 0 Å². The second-order valence-corrected chi connectivity index (χ2v) is 5.69. The van der Waals surface area contributed by atoms with Crippen molar-refractivity contribution in [3.63, 3.8) is 0 Å². The third kappa shape index (κ3) is 3.26. The van der Waals surface area contributed by atoms with Crippen LogP contribution in [0.2, 0.25) is 0 Å². The van der Waals surface area contributed by atoms with Crippen LogP contribution in [-0.4, -0.2) is 13.7 Å². The van der Waals surface area contributed by atoms with Crippen molar-refractivity contribution in [2.24, 2.45) is 11.8 Å². The topological polar surface area (TPSA) is 21.3 Å². The first-order chi connectivity index (χ1) is 8.61. The molecule has 2 unspecified atom stereocenters. The summed E-state index contributed by atoms with van der Waals surface area (Å²) in [6, 6.07) is 6.79. The van der Waals surface area contributed by atoms with E-state index in [-0.39, 0.29) is 0 Å². The van der Waals surface area contributed by atoms with E-state index >= 15 is 0 Å². The fourth-order valence-electron chi connectivity index (χ4n) is 2.48. The molecule has 18 heavy (non-hydrogen) atoms. The Hall–Kier alpha value is -1.02. The molecular weight excluding hydrogens is 222 g/mol. The van der Waals surface area contributed by atoms with Crippen molar-refractivity contribution in [3.05, 3.63) is 29.3 Å². The fourth-order valence-corrected chi connectivity index (χ4v) is 2.48. The number of methoxy groups -OCH3 is 1. The van der Waals surface area contributed by atoms with Crippen LogP contribution in [0.3, 0.4) is 0 Å². The number of benzene rings is 1. The Morgan fingerprint density at radius 3 is 2.67 bits per heavy atom. The summed E-state index contributed by atoms with van der Waals surface area (Å²) in [5, 5.41) is 3.63. The van der Waals surface area contributed by atoms with Gasteiger partial charge in [0.25, 0.3) is 0 Å². The second-order valence-electron chi connectivity index (χ2n) is 5.69. The van der Waals surface area contributed by atoms with E-state index in [4.69, 9.17) is 4.74 Å². The summed E-state index contributed by atoms with van der Waals surface area (Å²) < 4.78 is 5.47. The lowest BCUT2D eigenvalue weighted by atomic mass is 10.0. The van der Waals surface area contributed by atoms with Crippen LogP contribution in [0.25, 0.3) is 0 Å². The van der Waals surface area contributed by atoms with Crippen molar-refractivity contribution >= 4 is 0 Å². The first-order valence-electron chi connectivity index (χ1n) is 6.99. The maximum Gasteiger partial charge on any atom is 0.123 e. The van der Waals surface area contributed by atoms with Crippen LogP contribution in [0.15, 0.2) is 18.2 Å². The number of hydrogen-bond donors (Lipinski definition) is 1. The maximum absolute atomic E-state index is 5.47. The van der Waals surface area contributed by atoms with E-state index in [1.165, 1.54) is 24.0 Å². The highest BCUT2D eigenvalue weighted by Gasteiger charge is 2.27. The molecule has 1 fully saturated rings. The molecule has 1 aliphatic carbocycles. The van der Waals surface area contributed by atoms with Crippen LogP contribution in [0.5, 0.6) is 5.75 Å². The summed E-state index contributed by atoms with van der Waals surface area (Å²) in [7, 11) is 1.75. The minimum atomic E-state index is 0.349. The Kier molecular flexibility index (Phi) is 4.28. The molecule has 2 rings (SSSR count). The fraction of sp³-hybridized carbons (Fsp3) is 0.625. The number of nitrogens with one attached hydrogen (secondary N) is 1. The van der Waals surface area contributed by atoms with Gasteiger partial charge in [0, 0.05) is 11.6 Å². The normalized spacial score (nSPS) is 18.4. The molecule has 1 aromatic rings. The van der Waals surface area contributed by atoms with Crippen molar-refractivity contribution in [2.75, 3.05) is 13.7 Å². The Bertz CT molecular complexity index is 398. The van der Waals surface area contributed by atoms with E-state index in [1.54, 1.807) is 7.11 Å². The summed E-state index contributed by atoms with van der Waals surface area (Å²) in [5.74, 6) is 2.75. The van der Waals surface area contributed by atoms with E-state index in [2.05, 4.69) is 44.3 Å². The molecule has 2 heteroatoms. The monoisotopic (exact) mass is 247 g/mol. The highest BCUT2D eigenvalue weighted by atomic mass is 16.5. The molecule has 0 radical (unpaired) electrons. The van der Waals surface area contributed by atoms with Gasteiger partial charge in [0.2, 0.25) is 0 Å². The van der Waals surface area contributed by atoms with Crippen LogP contribution in [0, 0.1) is 18.8 Å². The van der Waals surface area contributed by atoms with Gasteiger partial charge in [-0.3, -0.25) is 0 Å². The Labute approximate surface area is 111 Å². The lowest BCUT2D eigenvalue weighted by Crippen LogP contribution is -2.25. The van der Waals surface area contributed by atoms with E-state index < -0.39 is 0 Å². The standard InChI is InChI=1S/C16H25NO/c1-11-5-8-15(16(9-11)18-4)13(3)17-10-12(2)14-6-7-14/h5,8-9,12-14,17H,6-7,10H2,1-4H3. The van der Waals surface area contributed by atoms with Crippen molar-refractivity contribution in [1.82, 2.24) is 5.32 Å². The zero-order chi connectivity index (χ0) is 13.1. The molecular formula is C16H25NO. The Morgan fingerprint density at radius 2 is 2.06 bits per heavy atom. The molecule has 2 atom stereocenters. The molecule has 0 aromatic heterocycles. The highest BCUT2D eigenvalue weighted by Crippen LogP contribution is 2.36. The molecule has 2 nitrogen and oxygen atoms in total. The van der Waals surface area contributed by atoms with Gasteiger partial charge in [0.15, 0.2) is 0 Å². The van der Waals surface area contributed by atoms with Gasteiger partial charge in [-0.25, -0.2) is 0 Å². The molecule has 1 N–H and O–H groups in total. The van der Waals surface area contributed by atoms with Crippen LogP contribution < -0.4 is 10.1 Å². The van der Waals surface area contributed by atoms with Crippen molar-refractivity contribution in [1.29, 1.82) is 0 Å². The number of hydrogen-bond acceptors (Lipinski definition) is 2. The number of rotatable bonds is 6. The molecule has 0 spiro atoms. The molecule has 0 saturated heterocycles. The predicted octanol–water partition coefficient (Wildman–Crippen LogP) is 3.70. The minimum Gasteiger partial charge on any atom is -0.496 e. The van der Waals surface area contributed by atoms with Gasteiger partial charge in [-0.05, 0) is 56.7 Å². The molecule has 0 amide bonds.